The Hall–Kier alpha value is -3.47. The quantitative estimate of drug-likeness (QED) is 0.385. The Morgan fingerprint density at radius 1 is 1.46 bits per heavy atom. The van der Waals surface area contributed by atoms with Crippen LogP contribution < -0.4 is 5.43 Å². The van der Waals surface area contributed by atoms with E-state index < -0.39 is 10.8 Å². The van der Waals surface area contributed by atoms with Gasteiger partial charge in [0, 0.05) is 11.6 Å². The minimum absolute atomic E-state index is 0.112. The van der Waals surface area contributed by atoms with Gasteiger partial charge in [0.15, 0.2) is 5.76 Å². The van der Waals surface area contributed by atoms with Gasteiger partial charge in [0.05, 0.1) is 22.3 Å². The molecule has 11 heteroatoms. The smallest absolute Gasteiger partial charge is 0.307 e. The lowest BCUT2D eigenvalue weighted by atomic mass is 10.2. The number of benzene rings is 1. The first-order chi connectivity index (χ1) is 12.5. The normalized spacial score (nSPS) is 11.0. The minimum Gasteiger partial charge on any atom is -0.459 e. The fraction of sp³-hybridized carbons (Fsp3) is 0.0667. The summed E-state index contributed by atoms with van der Waals surface area (Å²) in [5.41, 5.74) is 2.62. The summed E-state index contributed by atoms with van der Waals surface area (Å²) in [7, 11) is 0. The maximum absolute atomic E-state index is 11.7. The van der Waals surface area contributed by atoms with Gasteiger partial charge in [-0.05, 0) is 36.9 Å². The lowest BCUT2D eigenvalue weighted by Gasteiger charge is -2.01. The zero-order valence-corrected chi connectivity index (χ0v) is 14.2. The van der Waals surface area contributed by atoms with Crippen molar-refractivity contribution < 1.29 is 14.1 Å². The van der Waals surface area contributed by atoms with Crippen LogP contribution in [0, 0.1) is 17.0 Å². The van der Waals surface area contributed by atoms with Crippen molar-refractivity contribution in [2.45, 2.75) is 17.0 Å². The highest BCUT2D eigenvalue weighted by molar-refractivity contribution is 7.99. The number of hydrazone groups is 1. The number of hydrogen-bond acceptors (Lipinski definition) is 8. The molecule has 0 aliphatic rings. The molecule has 1 amide bonds. The van der Waals surface area contributed by atoms with E-state index in [0.29, 0.717) is 21.4 Å². The van der Waals surface area contributed by atoms with Crippen LogP contribution in [-0.4, -0.2) is 32.2 Å². The van der Waals surface area contributed by atoms with Gasteiger partial charge < -0.3 is 4.42 Å². The number of nitro groups is 1. The molecule has 0 fully saturated rings. The molecule has 0 unspecified atom stereocenters. The summed E-state index contributed by atoms with van der Waals surface area (Å²) in [6, 6.07) is 7.63. The van der Waals surface area contributed by atoms with Crippen LogP contribution in [0.3, 0.4) is 0 Å². The first-order valence-corrected chi connectivity index (χ1v) is 8.07. The summed E-state index contributed by atoms with van der Waals surface area (Å²) in [4.78, 5) is 27.0. The number of rotatable bonds is 6. The third kappa shape index (κ3) is 4.13. The highest BCUT2D eigenvalue weighted by Gasteiger charge is 2.17. The van der Waals surface area contributed by atoms with Crippen molar-refractivity contribution in [2.24, 2.45) is 5.10 Å². The summed E-state index contributed by atoms with van der Waals surface area (Å²) in [6.07, 6.45) is 2.67. The number of nitro benzene ring substituents is 1. The fourth-order valence-electron chi connectivity index (χ4n) is 1.94. The molecule has 3 aromatic rings. The summed E-state index contributed by atoms with van der Waals surface area (Å²) in [6.45, 7) is 1.74. The van der Waals surface area contributed by atoms with E-state index in [0.717, 1.165) is 11.8 Å². The highest BCUT2D eigenvalue weighted by Crippen LogP contribution is 2.33. The monoisotopic (exact) mass is 372 g/mol. The Morgan fingerprint density at radius 3 is 2.96 bits per heavy atom. The standard InChI is InChI=1S/C15H12N6O4S/c1-9-17-15(20-18-9)26-13-5-4-10(7-11(13)21(23)24)8-16-19-14(22)12-3-2-6-25-12/h2-8H,1H3,(H,19,22)(H,17,18,20)/b16-8-. The molecule has 0 saturated carbocycles. The molecule has 0 atom stereocenters. The summed E-state index contributed by atoms with van der Waals surface area (Å²) in [5.74, 6) is 0.209. The van der Waals surface area contributed by atoms with Crippen LogP contribution in [0.1, 0.15) is 21.9 Å². The first kappa shape index (κ1) is 17.4. The van der Waals surface area contributed by atoms with Gasteiger partial charge in [-0.1, -0.05) is 6.07 Å². The van der Waals surface area contributed by atoms with Crippen molar-refractivity contribution in [1.82, 2.24) is 20.6 Å². The molecule has 26 heavy (non-hydrogen) atoms. The zero-order valence-electron chi connectivity index (χ0n) is 13.4. The van der Waals surface area contributed by atoms with Crippen molar-refractivity contribution in [3.05, 3.63) is 63.9 Å². The van der Waals surface area contributed by atoms with Crippen LogP contribution in [0.15, 0.2) is 56.2 Å². The molecule has 0 spiro atoms. The average molecular weight is 372 g/mol. The first-order valence-electron chi connectivity index (χ1n) is 7.25. The van der Waals surface area contributed by atoms with Gasteiger partial charge in [0.25, 0.3) is 5.69 Å². The molecular weight excluding hydrogens is 360 g/mol. The largest absolute Gasteiger partial charge is 0.459 e. The molecule has 0 saturated heterocycles. The lowest BCUT2D eigenvalue weighted by molar-refractivity contribution is -0.387. The van der Waals surface area contributed by atoms with E-state index in [1.807, 2.05) is 0 Å². The van der Waals surface area contributed by atoms with Crippen molar-refractivity contribution in [3.63, 3.8) is 0 Å². The van der Waals surface area contributed by atoms with E-state index in [-0.39, 0.29) is 11.4 Å². The second-order valence-corrected chi connectivity index (χ2v) is 5.98. The number of carbonyl (C=O) groups is 1. The molecule has 132 valence electrons. The van der Waals surface area contributed by atoms with E-state index >= 15 is 0 Å². The maximum atomic E-state index is 11.7. The van der Waals surface area contributed by atoms with Gasteiger partial charge in [0.1, 0.15) is 5.82 Å². The van der Waals surface area contributed by atoms with Crippen LogP contribution >= 0.6 is 11.8 Å². The molecule has 0 radical (unpaired) electrons. The van der Waals surface area contributed by atoms with Crippen LogP contribution in [0.4, 0.5) is 5.69 Å². The predicted octanol–water partition coefficient (Wildman–Crippen LogP) is 2.53. The Bertz CT molecular complexity index is 966. The number of aromatic amines is 1. The second-order valence-electron chi connectivity index (χ2n) is 4.97. The van der Waals surface area contributed by atoms with Gasteiger partial charge in [-0.15, -0.1) is 5.10 Å². The number of aryl methyl sites for hydroxylation is 1. The number of nitrogens with one attached hydrogen (secondary N) is 2. The second kappa shape index (κ2) is 7.61. The molecule has 1 aromatic carbocycles. The Labute approximate surface area is 150 Å². The van der Waals surface area contributed by atoms with Crippen LogP contribution in [-0.2, 0) is 0 Å². The van der Waals surface area contributed by atoms with Crippen LogP contribution in [0.25, 0.3) is 0 Å². The average Bonchev–Trinajstić information content (AvgIpc) is 3.27. The molecule has 0 bridgehead atoms. The van der Waals surface area contributed by atoms with E-state index in [1.54, 1.807) is 25.1 Å². The molecule has 0 aliphatic carbocycles. The summed E-state index contributed by atoms with van der Waals surface area (Å²) in [5, 5.41) is 22.1. The zero-order chi connectivity index (χ0) is 18.5. The van der Waals surface area contributed by atoms with Gasteiger partial charge >= 0.3 is 5.91 Å². The number of amides is 1. The van der Waals surface area contributed by atoms with E-state index in [2.05, 4.69) is 25.7 Å². The van der Waals surface area contributed by atoms with Crippen molar-refractivity contribution in [1.29, 1.82) is 0 Å². The van der Waals surface area contributed by atoms with Gasteiger partial charge in [-0.2, -0.15) is 5.10 Å². The van der Waals surface area contributed by atoms with Crippen LogP contribution in [0.5, 0.6) is 0 Å². The Morgan fingerprint density at radius 2 is 2.31 bits per heavy atom. The third-order valence-corrected chi connectivity index (χ3v) is 4.01. The number of H-pyrrole nitrogens is 1. The number of hydrogen-bond donors (Lipinski definition) is 2. The minimum atomic E-state index is -0.520. The van der Waals surface area contributed by atoms with Crippen LogP contribution in [0.2, 0.25) is 0 Å². The molecule has 10 nitrogen and oxygen atoms in total. The molecule has 2 N–H and O–H groups in total. The number of furan rings is 1. The molecule has 2 heterocycles. The predicted molar refractivity (Wildman–Crippen MR) is 92.1 cm³/mol. The number of carbonyl (C=O) groups excluding carboxylic acids is 1. The summed E-state index contributed by atoms with van der Waals surface area (Å²) >= 11 is 1.08. The Balaban J connectivity index is 1.74. The number of aromatic nitrogens is 3. The maximum Gasteiger partial charge on any atom is 0.307 e. The lowest BCUT2D eigenvalue weighted by Crippen LogP contribution is -2.16. The van der Waals surface area contributed by atoms with Gasteiger partial charge in [-0.25, -0.2) is 10.4 Å². The molecular formula is C15H12N6O4S. The fourth-order valence-corrected chi connectivity index (χ4v) is 2.78. The number of nitrogens with zero attached hydrogens (tertiary/aromatic N) is 4. The van der Waals surface area contributed by atoms with Crippen molar-refractivity contribution in [2.75, 3.05) is 0 Å². The van der Waals surface area contributed by atoms with E-state index in [1.165, 1.54) is 24.6 Å². The van der Waals surface area contributed by atoms with Gasteiger partial charge in [-0.3, -0.25) is 20.0 Å². The Kier molecular flexibility index (Phi) is 5.08. The van der Waals surface area contributed by atoms with E-state index in [4.69, 9.17) is 4.42 Å². The SMILES string of the molecule is Cc1nc(Sc2ccc(/C=N\NC(=O)c3ccco3)cc2[N+](=O)[O-])n[nH]1. The highest BCUT2D eigenvalue weighted by atomic mass is 32.2. The molecule has 2 aromatic heterocycles. The topological polar surface area (TPSA) is 139 Å². The molecule has 0 aliphatic heterocycles. The van der Waals surface area contributed by atoms with Crippen molar-refractivity contribution in [3.8, 4) is 0 Å². The summed E-state index contributed by atoms with van der Waals surface area (Å²) < 4.78 is 4.93. The van der Waals surface area contributed by atoms with Crippen molar-refractivity contribution >= 4 is 29.6 Å². The third-order valence-electron chi connectivity index (χ3n) is 3.08. The van der Waals surface area contributed by atoms with E-state index in [9.17, 15) is 14.9 Å². The molecule has 3 rings (SSSR count). The van der Waals surface area contributed by atoms with Gasteiger partial charge in [0.2, 0.25) is 5.16 Å².